The Morgan fingerprint density at radius 3 is 2.83 bits per heavy atom. The first kappa shape index (κ1) is 20.3. The van der Waals surface area contributed by atoms with Crippen LogP contribution in [0.25, 0.3) is 16.6 Å². The van der Waals surface area contributed by atoms with Gasteiger partial charge in [0.2, 0.25) is 5.82 Å². The third-order valence-electron chi connectivity index (χ3n) is 4.39. The highest BCUT2D eigenvalue weighted by Gasteiger charge is 2.20. The maximum Gasteiger partial charge on any atom is 0.419 e. The Morgan fingerprint density at radius 1 is 1.41 bits per heavy atom. The predicted molar refractivity (Wildman–Crippen MR) is 104 cm³/mol. The third kappa shape index (κ3) is 4.21. The smallest absolute Gasteiger partial charge is 0.308 e. The number of pyridine rings is 1. The molecule has 152 valence electrons. The SMILES string of the molecule is CC(C)CCNC(=O)[NH2+]c1ncc2c(=O)n(-c3ccc(F)cc3F)[nH]c2c1C=N. The molecule has 10 heteroatoms. The van der Waals surface area contributed by atoms with E-state index in [9.17, 15) is 18.4 Å². The number of quaternary nitrogens is 1. The number of amides is 2. The van der Waals surface area contributed by atoms with Crippen LogP contribution in [0.3, 0.4) is 0 Å². The number of hydrogen-bond donors (Lipinski definition) is 4. The van der Waals surface area contributed by atoms with Crippen LogP contribution in [0.2, 0.25) is 0 Å². The van der Waals surface area contributed by atoms with Gasteiger partial charge in [0.1, 0.15) is 17.1 Å². The zero-order chi connectivity index (χ0) is 21.1. The molecule has 5 N–H and O–H groups in total. The van der Waals surface area contributed by atoms with Gasteiger partial charge in [-0.05, 0) is 24.5 Å². The molecular formula is C19H21F2N6O2+. The monoisotopic (exact) mass is 403 g/mol. The van der Waals surface area contributed by atoms with Gasteiger partial charge in [0.25, 0.3) is 5.56 Å². The molecule has 29 heavy (non-hydrogen) atoms. The number of nitrogens with zero attached hydrogens (tertiary/aromatic N) is 2. The van der Waals surface area contributed by atoms with Crippen LogP contribution in [0.4, 0.5) is 19.4 Å². The number of aromatic nitrogens is 3. The number of halogens is 2. The maximum atomic E-state index is 14.1. The number of benzene rings is 1. The normalized spacial score (nSPS) is 11.2. The highest BCUT2D eigenvalue weighted by molar-refractivity contribution is 5.99. The van der Waals surface area contributed by atoms with Gasteiger partial charge in [0, 0.05) is 25.0 Å². The van der Waals surface area contributed by atoms with Crippen LogP contribution in [-0.2, 0) is 0 Å². The zero-order valence-corrected chi connectivity index (χ0v) is 15.9. The largest absolute Gasteiger partial charge is 0.419 e. The number of fused-ring (bicyclic) bond motifs is 1. The van der Waals surface area contributed by atoms with Crippen LogP contribution in [0.5, 0.6) is 0 Å². The van der Waals surface area contributed by atoms with E-state index in [4.69, 9.17) is 5.41 Å². The predicted octanol–water partition coefficient (Wildman–Crippen LogP) is 1.94. The molecule has 0 aliphatic rings. The van der Waals surface area contributed by atoms with E-state index >= 15 is 0 Å². The Bertz CT molecular complexity index is 1140. The molecule has 0 unspecified atom stereocenters. The molecule has 0 aliphatic heterocycles. The molecule has 0 bridgehead atoms. The molecule has 0 fully saturated rings. The fraction of sp³-hybridized carbons (Fsp3) is 0.263. The summed E-state index contributed by atoms with van der Waals surface area (Å²) in [6, 6.07) is 2.47. The van der Waals surface area contributed by atoms with Crippen molar-refractivity contribution in [2.24, 2.45) is 5.92 Å². The van der Waals surface area contributed by atoms with Crippen molar-refractivity contribution in [3.05, 3.63) is 51.9 Å². The van der Waals surface area contributed by atoms with E-state index in [1.807, 2.05) is 13.8 Å². The van der Waals surface area contributed by atoms with Crippen molar-refractivity contribution >= 4 is 29.0 Å². The summed E-state index contributed by atoms with van der Waals surface area (Å²) in [6.45, 7) is 4.60. The fourth-order valence-electron chi connectivity index (χ4n) is 2.86. The van der Waals surface area contributed by atoms with E-state index in [0.717, 1.165) is 29.4 Å². The molecule has 2 aromatic heterocycles. The summed E-state index contributed by atoms with van der Waals surface area (Å²) in [5, 5.41) is 14.5. The molecule has 0 spiro atoms. The standard InChI is InChI=1S/C19H20F2N6O2/c1-10(2)5-6-23-19(29)25-17-12(8-22)16-13(9-24-17)18(28)27(26-16)15-4-3-11(20)7-14(15)21/h3-4,7-10,22,26H,5-6H2,1-2H3,(H2,23,24,25,29)/p+1. The highest BCUT2D eigenvalue weighted by atomic mass is 19.1. The molecule has 0 radical (unpaired) electrons. The van der Waals surface area contributed by atoms with E-state index in [-0.39, 0.29) is 34.0 Å². The van der Waals surface area contributed by atoms with Gasteiger partial charge in [0.05, 0.1) is 10.9 Å². The average Bonchev–Trinajstić information content (AvgIpc) is 2.98. The van der Waals surface area contributed by atoms with Gasteiger partial charge in [-0.15, -0.1) is 0 Å². The number of nitrogens with two attached hydrogens (primary N) is 1. The number of carbonyl (C=O) groups excluding carboxylic acids is 1. The molecule has 3 rings (SSSR count). The number of primary amides is 1. The van der Waals surface area contributed by atoms with Crippen molar-refractivity contribution in [3.63, 3.8) is 0 Å². The minimum absolute atomic E-state index is 0.115. The lowest BCUT2D eigenvalue weighted by molar-refractivity contribution is -0.469. The fourth-order valence-corrected chi connectivity index (χ4v) is 2.86. The molecule has 1 aromatic carbocycles. The van der Waals surface area contributed by atoms with Crippen molar-refractivity contribution in [1.82, 2.24) is 20.1 Å². The summed E-state index contributed by atoms with van der Waals surface area (Å²) >= 11 is 0. The number of carbonyl (C=O) groups is 1. The van der Waals surface area contributed by atoms with Gasteiger partial charge in [-0.1, -0.05) is 13.8 Å². The van der Waals surface area contributed by atoms with Gasteiger partial charge in [-0.2, -0.15) is 0 Å². The Morgan fingerprint density at radius 2 is 2.17 bits per heavy atom. The number of nitrogens with one attached hydrogen (secondary N) is 3. The number of urea groups is 1. The first-order valence-electron chi connectivity index (χ1n) is 9.04. The summed E-state index contributed by atoms with van der Waals surface area (Å²) in [5.41, 5.74) is -0.334. The number of hydrogen-bond acceptors (Lipinski definition) is 4. The highest BCUT2D eigenvalue weighted by Crippen LogP contribution is 2.19. The Kier molecular flexibility index (Phi) is 5.83. The maximum absolute atomic E-state index is 14.1. The molecule has 0 saturated carbocycles. The number of aromatic amines is 1. The number of rotatable bonds is 6. The summed E-state index contributed by atoms with van der Waals surface area (Å²) in [5.74, 6) is -1.04. The molecule has 0 aliphatic carbocycles. The van der Waals surface area contributed by atoms with Crippen molar-refractivity contribution in [3.8, 4) is 5.69 Å². The Balaban J connectivity index is 1.98. The molecule has 0 atom stereocenters. The Labute approximate surface area is 164 Å². The van der Waals surface area contributed by atoms with Crippen molar-refractivity contribution in [1.29, 1.82) is 5.41 Å². The van der Waals surface area contributed by atoms with Gasteiger partial charge in [-0.3, -0.25) is 9.89 Å². The minimum atomic E-state index is -0.917. The molecule has 2 amide bonds. The van der Waals surface area contributed by atoms with Gasteiger partial charge in [-0.25, -0.2) is 28.6 Å². The van der Waals surface area contributed by atoms with Crippen molar-refractivity contribution < 1.29 is 18.9 Å². The van der Waals surface area contributed by atoms with Gasteiger partial charge in [0.15, 0.2) is 5.82 Å². The van der Waals surface area contributed by atoms with E-state index in [1.54, 1.807) is 0 Å². The number of H-pyrrole nitrogens is 1. The van der Waals surface area contributed by atoms with E-state index in [0.29, 0.717) is 18.5 Å². The topological polar surface area (TPSA) is 120 Å². The second kappa shape index (κ2) is 8.31. The molecule has 0 saturated heterocycles. The molecule has 8 nitrogen and oxygen atoms in total. The van der Waals surface area contributed by atoms with Crippen molar-refractivity contribution in [2.75, 3.05) is 6.54 Å². The lowest BCUT2D eigenvalue weighted by atomic mass is 10.1. The summed E-state index contributed by atoms with van der Waals surface area (Å²) in [6.07, 6.45) is 3.04. The Hall–Kier alpha value is -3.40. The third-order valence-corrected chi connectivity index (χ3v) is 4.39. The van der Waals surface area contributed by atoms with Crippen LogP contribution in [-0.4, -0.2) is 33.6 Å². The second-order valence-electron chi connectivity index (χ2n) is 6.96. The summed E-state index contributed by atoms with van der Waals surface area (Å²) < 4.78 is 28.2. The molecule has 2 heterocycles. The second-order valence-corrected chi connectivity index (χ2v) is 6.96. The van der Waals surface area contributed by atoms with E-state index < -0.39 is 17.2 Å². The molecule has 3 aromatic rings. The average molecular weight is 403 g/mol. The lowest BCUT2D eigenvalue weighted by Gasteiger charge is -2.06. The summed E-state index contributed by atoms with van der Waals surface area (Å²) in [7, 11) is 0. The minimum Gasteiger partial charge on any atom is -0.308 e. The van der Waals surface area contributed by atoms with Crippen LogP contribution in [0, 0.1) is 23.0 Å². The van der Waals surface area contributed by atoms with Crippen LogP contribution < -0.4 is 16.2 Å². The molecular weight excluding hydrogens is 382 g/mol. The van der Waals surface area contributed by atoms with Gasteiger partial charge >= 0.3 is 6.03 Å². The van der Waals surface area contributed by atoms with Gasteiger partial charge < -0.3 is 10.7 Å². The quantitative estimate of drug-likeness (QED) is 0.471. The van der Waals surface area contributed by atoms with E-state index in [2.05, 4.69) is 15.4 Å². The lowest BCUT2D eigenvalue weighted by Crippen LogP contribution is -2.86. The zero-order valence-electron chi connectivity index (χ0n) is 15.9. The first-order chi connectivity index (χ1) is 13.8. The summed E-state index contributed by atoms with van der Waals surface area (Å²) in [4.78, 5) is 28.9. The first-order valence-corrected chi connectivity index (χ1v) is 9.04. The van der Waals surface area contributed by atoms with Crippen molar-refractivity contribution in [2.45, 2.75) is 20.3 Å². The van der Waals surface area contributed by atoms with Crippen LogP contribution in [0.1, 0.15) is 25.8 Å². The van der Waals surface area contributed by atoms with Crippen LogP contribution >= 0.6 is 0 Å². The van der Waals surface area contributed by atoms with Crippen LogP contribution in [0.15, 0.2) is 29.2 Å². The van der Waals surface area contributed by atoms with E-state index in [1.165, 1.54) is 11.5 Å².